The topological polar surface area (TPSA) is 29.9 Å². The van der Waals surface area contributed by atoms with Gasteiger partial charge in [0, 0.05) is 24.3 Å². The summed E-state index contributed by atoms with van der Waals surface area (Å²) in [6, 6.07) is 0.480. The van der Waals surface area contributed by atoms with Crippen molar-refractivity contribution in [3.8, 4) is 0 Å². The van der Waals surface area contributed by atoms with Gasteiger partial charge < -0.3 is 5.32 Å². The average molecular weight is 221 g/mol. The molecule has 1 heterocycles. The van der Waals surface area contributed by atoms with Crippen molar-refractivity contribution >= 4 is 0 Å². The third-order valence-corrected chi connectivity index (χ3v) is 3.25. The first-order valence-corrected chi connectivity index (χ1v) is 6.59. The van der Waals surface area contributed by atoms with Crippen molar-refractivity contribution in [2.45, 2.75) is 52.1 Å². The average Bonchev–Trinajstić information content (AvgIpc) is 2.98. The highest BCUT2D eigenvalue weighted by Crippen LogP contribution is 2.30. The SMILES string of the molecule is CCCNC(CC)c1cnn(CC2CC2)c1. The molecule has 16 heavy (non-hydrogen) atoms. The fourth-order valence-electron chi connectivity index (χ4n) is 2.04. The van der Waals surface area contributed by atoms with E-state index in [2.05, 4.69) is 35.1 Å². The molecule has 0 radical (unpaired) electrons. The maximum absolute atomic E-state index is 4.45. The van der Waals surface area contributed by atoms with Crippen LogP contribution in [0.25, 0.3) is 0 Å². The van der Waals surface area contributed by atoms with E-state index in [1.165, 1.54) is 24.8 Å². The Kier molecular flexibility index (Phi) is 3.99. The number of rotatable bonds is 7. The minimum absolute atomic E-state index is 0.480. The second-order valence-corrected chi connectivity index (χ2v) is 4.85. The first kappa shape index (κ1) is 11.6. The molecule has 0 amide bonds. The van der Waals surface area contributed by atoms with E-state index in [0.717, 1.165) is 25.4 Å². The molecule has 2 rings (SSSR count). The Labute approximate surface area is 98.2 Å². The quantitative estimate of drug-likeness (QED) is 0.767. The van der Waals surface area contributed by atoms with Crippen molar-refractivity contribution in [3.63, 3.8) is 0 Å². The number of hydrogen-bond acceptors (Lipinski definition) is 2. The second kappa shape index (κ2) is 5.48. The molecule has 1 N–H and O–H groups in total. The predicted molar refractivity (Wildman–Crippen MR) is 66.3 cm³/mol. The highest BCUT2D eigenvalue weighted by atomic mass is 15.3. The fraction of sp³-hybridized carbons (Fsp3) is 0.769. The lowest BCUT2D eigenvalue weighted by Crippen LogP contribution is -2.21. The molecular weight excluding hydrogens is 198 g/mol. The molecule has 1 aromatic heterocycles. The van der Waals surface area contributed by atoms with Gasteiger partial charge in [-0.25, -0.2) is 0 Å². The number of nitrogens with zero attached hydrogens (tertiary/aromatic N) is 2. The van der Waals surface area contributed by atoms with Gasteiger partial charge in [-0.05, 0) is 38.1 Å². The summed E-state index contributed by atoms with van der Waals surface area (Å²) in [5.41, 5.74) is 1.34. The van der Waals surface area contributed by atoms with Gasteiger partial charge in [0.1, 0.15) is 0 Å². The molecule has 3 heteroatoms. The van der Waals surface area contributed by atoms with Crippen LogP contribution in [0.2, 0.25) is 0 Å². The smallest absolute Gasteiger partial charge is 0.0537 e. The van der Waals surface area contributed by atoms with Crippen LogP contribution in [0.4, 0.5) is 0 Å². The molecule has 1 saturated carbocycles. The minimum atomic E-state index is 0.480. The molecule has 1 unspecified atom stereocenters. The lowest BCUT2D eigenvalue weighted by molar-refractivity contribution is 0.515. The van der Waals surface area contributed by atoms with Crippen molar-refractivity contribution < 1.29 is 0 Å². The van der Waals surface area contributed by atoms with Crippen LogP contribution >= 0.6 is 0 Å². The minimum Gasteiger partial charge on any atom is -0.310 e. The van der Waals surface area contributed by atoms with Crippen LogP contribution in [-0.4, -0.2) is 16.3 Å². The van der Waals surface area contributed by atoms with Crippen molar-refractivity contribution in [2.75, 3.05) is 6.54 Å². The monoisotopic (exact) mass is 221 g/mol. The standard InChI is InChI=1S/C13H23N3/c1-3-7-14-13(4-2)12-8-15-16(10-12)9-11-5-6-11/h8,10-11,13-14H,3-7,9H2,1-2H3. The van der Waals surface area contributed by atoms with Gasteiger partial charge >= 0.3 is 0 Å². The Morgan fingerprint density at radius 3 is 2.94 bits per heavy atom. The lowest BCUT2D eigenvalue weighted by Gasteiger charge is -2.14. The Bertz CT molecular complexity index is 315. The summed E-state index contributed by atoms with van der Waals surface area (Å²) in [4.78, 5) is 0. The van der Waals surface area contributed by atoms with E-state index in [9.17, 15) is 0 Å². The normalized spacial score (nSPS) is 17.6. The van der Waals surface area contributed by atoms with Gasteiger partial charge in [-0.2, -0.15) is 5.10 Å². The van der Waals surface area contributed by atoms with E-state index in [1.807, 2.05) is 6.20 Å². The molecule has 90 valence electrons. The number of aromatic nitrogens is 2. The van der Waals surface area contributed by atoms with E-state index in [0.29, 0.717) is 6.04 Å². The van der Waals surface area contributed by atoms with Gasteiger partial charge in [0.15, 0.2) is 0 Å². The maximum Gasteiger partial charge on any atom is 0.0537 e. The summed E-state index contributed by atoms with van der Waals surface area (Å²) < 4.78 is 2.11. The van der Waals surface area contributed by atoms with Crippen LogP contribution in [0.1, 0.15) is 51.1 Å². The van der Waals surface area contributed by atoms with Gasteiger partial charge in [-0.15, -0.1) is 0 Å². The molecule has 1 fully saturated rings. The second-order valence-electron chi connectivity index (χ2n) is 4.85. The summed E-state index contributed by atoms with van der Waals surface area (Å²) in [6.45, 7) is 6.64. The van der Waals surface area contributed by atoms with Crippen LogP contribution < -0.4 is 5.32 Å². The van der Waals surface area contributed by atoms with Crippen molar-refractivity contribution in [1.82, 2.24) is 15.1 Å². The zero-order chi connectivity index (χ0) is 11.4. The van der Waals surface area contributed by atoms with E-state index in [-0.39, 0.29) is 0 Å². The highest BCUT2D eigenvalue weighted by molar-refractivity contribution is 5.10. The lowest BCUT2D eigenvalue weighted by atomic mass is 10.1. The Morgan fingerprint density at radius 2 is 2.31 bits per heavy atom. The zero-order valence-corrected chi connectivity index (χ0v) is 10.4. The first-order chi connectivity index (χ1) is 7.83. The zero-order valence-electron chi connectivity index (χ0n) is 10.4. The number of hydrogen-bond donors (Lipinski definition) is 1. The Hall–Kier alpha value is -0.830. The molecule has 1 atom stereocenters. The molecular formula is C13H23N3. The molecule has 1 aliphatic carbocycles. The fourth-order valence-corrected chi connectivity index (χ4v) is 2.04. The molecule has 0 spiro atoms. The van der Waals surface area contributed by atoms with E-state index in [4.69, 9.17) is 0 Å². The predicted octanol–water partition coefficient (Wildman–Crippen LogP) is 2.74. The Balaban J connectivity index is 1.91. The molecule has 1 aromatic rings. The van der Waals surface area contributed by atoms with Gasteiger partial charge in [-0.3, -0.25) is 4.68 Å². The molecule has 0 aliphatic heterocycles. The molecule has 0 saturated heterocycles. The van der Waals surface area contributed by atoms with Crippen molar-refractivity contribution in [1.29, 1.82) is 0 Å². The third-order valence-electron chi connectivity index (χ3n) is 3.25. The van der Waals surface area contributed by atoms with Gasteiger partial charge in [0.2, 0.25) is 0 Å². The van der Waals surface area contributed by atoms with E-state index >= 15 is 0 Å². The molecule has 0 aromatic carbocycles. The van der Waals surface area contributed by atoms with Crippen LogP contribution in [0.3, 0.4) is 0 Å². The maximum atomic E-state index is 4.45. The summed E-state index contributed by atoms with van der Waals surface area (Å²) in [5, 5.41) is 8.01. The van der Waals surface area contributed by atoms with E-state index in [1.54, 1.807) is 0 Å². The van der Waals surface area contributed by atoms with Gasteiger partial charge in [0.25, 0.3) is 0 Å². The highest BCUT2D eigenvalue weighted by Gasteiger charge is 2.22. The van der Waals surface area contributed by atoms with Crippen LogP contribution in [-0.2, 0) is 6.54 Å². The van der Waals surface area contributed by atoms with Crippen LogP contribution in [0, 0.1) is 5.92 Å². The Morgan fingerprint density at radius 1 is 1.50 bits per heavy atom. The molecule has 1 aliphatic rings. The molecule has 0 bridgehead atoms. The van der Waals surface area contributed by atoms with Crippen molar-refractivity contribution in [2.24, 2.45) is 5.92 Å². The summed E-state index contributed by atoms with van der Waals surface area (Å²) in [5.74, 6) is 0.899. The first-order valence-electron chi connectivity index (χ1n) is 6.59. The third kappa shape index (κ3) is 3.08. The van der Waals surface area contributed by atoms with Gasteiger partial charge in [0.05, 0.1) is 6.20 Å². The largest absolute Gasteiger partial charge is 0.310 e. The van der Waals surface area contributed by atoms with Crippen LogP contribution in [0.15, 0.2) is 12.4 Å². The number of nitrogens with one attached hydrogen (secondary N) is 1. The van der Waals surface area contributed by atoms with Crippen LogP contribution in [0.5, 0.6) is 0 Å². The van der Waals surface area contributed by atoms with Gasteiger partial charge in [-0.1, -0.05) is 13.8 Å². The molecule has 3 nitrogen and oxygen atoms in total. The summed E-state index contributed by atoms with van der Waals surface area (Å²) >= 11 is 0. The van der Waals surface area contributed by atoms with Crippen molar-refractivity contribution in [3.05, 3.63) is 18.0 Å². The summed E-state index contributed by atoms with van der Waals surface area (Å²) in [7, 11) is 0. The van der Waals surface area contributed by atoms with E-state index < -0.39 is 0 Å². The summed E-state index contributed by atoms with van der Waals surface area (Å²) in [6.07, 6.45) is 9.34.